The van der Waals surface area contributed by atoms with E-state index in [2.05, 4.69) is 15.7 Å². The molecule has 0 spiro atoms. The number of hydrogen-bond acceptors (Lipinski definition) is 4. The Labute approximate surface area is 165 Å². The van der Waals surface area contributed by atoms with E-state index >= 15 is 0 Å². The highest BCUT2D eigenvalue weighted by molar-refractivity contribution is 6.34. The molecule has 0 aliphatic heterocycles. The van der Waals surface area contributed by atoms with Crippen LogP contribution in [0.3, 0.4) is 0 Å². The second kappa shape index (κ2) is 7.44. The van der Waals surface area contributed by atoms with Gasteiger partial charge in [0.1, 0.15) is 6.54 Å². The van der Waals surface area contributed by atoms with Gasteiger partial charge in [-0.25, -0.2) is 4.68 Å². The molecule has 28 heavy (non-hydrogen) atoms. The minimum absolute atomic E-state index is 0.202. The van der Waals surface area contributed by atoms with Gasteiger partial charge in [-0.3, -0.25) is 14.4 Å². The predicted octanol–water partition coefficient (Wildman–Crippen LogP) is 2.58. The van der Waals surface area contributed by atoms with Crippen LogP contribution in [0, 0.1) is 0 Å². The number of hydrogen-bond donors (Lipinski definition) is 2. The lowest BCUT2D eigenvalue weighted by Gasteiger charge is -2.10. The third-order valence-electron chi connectivity index (χ3n) is 4.46. The second-order valence-electron chi connectivity index (χ2n) is 6.69. The Hall–Kier alpha value is -3.19. The Morgan fingerprint density at radius 3 is 2.75 bits per heavy atom. The smallest absolute Gasteiger partial charge is 0.275 e. The maximum Gasteiger partial charge on any atom is 0.275 e. The molecule has 0 bridgehead atoms. The largest absolute Gasteiger partial charge is 0.349 e. The third kappa shape index (κ3) is 3.89. The van der Waals surface area contributed by atoms with E-state index in [1.54, 1.807) is 36.5 Å². The summed E-state index contributed by atoms with van der Waals surface area (Å²) < 4.78 is 1.11. The fraction of sp³-hybridized carbons (Fsp3) is 0.200. The zero-order valence-corrected chi connectivity index (χ0v) is 15.6. The van der Waals surface area contributed by atoms with E-state index < -0.39 is 5.91 Å². The number of anilines is 1. The molecule has 2 N–H and O–H groups in total. The van der Waals surface area contributed by atoms with Crippen LogP contribution in [0.15, 0.2) is 53.5 Å². The molecular formula is C20H17ClN4O3. The lowest BCUT2D eigenvalue weighted by atomic mass is 10.2. The number of carbonyl (C=O) groups excluding carboxylic acids is 2. The molecule has 0 saturated heterocycles. The molecule has 0 radical (unpaired) electrons. The van der Waals surface area contributed by atoms with Gasteiger partial charge in [-0.1, -0.05) is 29.8 Å². The lowest BCUT2D eigenvalue weighted by Crippen LogP contribution is -2.29. The normalized spacial score (nSPS) is 13.3. The van der Waals surface area contributed by atoms with Crippen molar-refractivity contribution >= 4 is 39.9 Å². The average Bonchev–Trinajstić information content (AvgIpc) is 3.49. The summed E-state index contributed by atoms with van der Waals surface area (Å²) in [6.45, 7) is -0.240. The quantitative estimate of drug-likeness (QED) is 0.693. The van der Waals surface area contributed by atoms with Gasteiger partial charge in [0.25, 0.3) is 11.5 Å². The van der Waals surface area contributed by atoms with E-state index in [1.807, 2.05) is 6.07 Å². The van der Waals surface area contributed by atoms with Crippen LogP contribution in [0.2, 0.25) is 5.02 Å². The van der Waals surface area contributed by atoms with Crippen LogP contribution in [-0.4, -0.2) is 27.6 Å². The molecule has 0 atom stereocenters. The van der Waals surface area contributed by atoms with Gasteiger partial charge >= 0.3 is 0 Å². The van der Waals surface area contributed by atoms with Crippen molar-refractivity contribution in [2.24, 2.45) is 0 Å². The first-order chi connectivity index (χ1) is 13.5. The van der Waals surface area contributed by atoms with Gasteiger partial charge in [-0.2, -0.15) is 5.10 Å². The summed E-state index contributed by atoms with van der Waals surface area (Å²) in [6.07, 6.45) is 3.48. The van der Waals surface area contributed by atoms with Crippen LogP contribution < -0.4 is 16.2 Å². The number of rotatable bonds is 5. The molecule has 1 aromatic heterocycles. The molecule has 8 heteroatoms. The number of fused-ring (bicyclic) bond motifs is 1. The van der Waals surface area contributed by atoms with Gasteiger partial charge in [-0.15, -0.1) is 0 Å². The predicted molar refractivity (Wildman–Crippen MR) is 107 cm³/mol. The van der Waals surface area contributed by atoms with Crippen LogP contribution in [0.25, 0.3) is 10.8 Å². The van der Waals surface area contributed by atoms with Crippen LogP contribution in [0.1, 0.15) is 23.2 Å². The molecule has 4 rings (SSSR count). The molecule has 1 aliphatic carbocycles. The average molecular weight is 397 g/mol. The van der Waals surface area contributed by atoms with Crippen molar-refractivity contribution in [1.29, 1.82) is 0 Å². The van der Waals surface area contributed by atoms with Crippen molar-refractivity contribution in [3.05, 3.63) is 69.6 Å². The minimum Gasteiger partial charge on any atom is -0.349 e. The van der Waals surface area contributed by atoms with Gasteiger partial charge in [-0.05, 0) is 37.1 Å². The highest BCUT2D eigenvalue weighted by Gasteiger charge is 2.25. The Bertz CT molecular complexity index is 1140. The molecule has 142 valence electrons. The summed E-state index contributed by atoms with van der Waals surface area (Å²) in [5.41, 5.74) is 0.380. The van der Waals surface area contributed by atoms with E-state index in [0.29, 0.717) is 27.0 Å². The van der Waals surface area contributed by atoms with E-state index in [9.17, 15) is 14.4 Å². The highest BCUT2D eigenvalue weighted by Crippen LogP contribution is 2.24. The molecular weight excluding hydrogens is 380 g/mol. The third-order valence-corrected chi connectivity index (χ3v) is 4.79. The summed E-state index contributed by atoms with van der Waals surface area (Å²) in [5.74, 6) is -0.697. The van der Waals surface area contributed by atoms with E-state index in [1.165, 1.54) is 6.07 Å². The number of benzene rings is 2. The first kappa shape index (κ1) is 18.2. The molecule has 2 aromatic carbocycles. The standard InChI is InChI=1S/C20H17ClN4O3/c21-17-8-7-14(9-16(17)19(27)24-13-5-6-13)23-18(26)11-25-20(28)15-4-2-1-3-12(15)10-22-25/h1-4,7-10,13H,5-6,11H2,(H,23,26)(H,24,27). The molecule has 3 aromatic rings. The van der Waals surface area contributed by atoms with Crippen molar-refractivity contribution in [3.8, 4) is 0 Å². The number of nitrogens with one attached hydrogen (secondary N) is 2. The van der Waals surface area contributed by atoms with Crippen LogP contribution in [-0.2, 0) is 11.3 Å². The van der Waals surface area contributed by atoms with Gasteiger partial charge in [0.15, 0.2) is 0 Å². The molecule has 1 fully saturated rings. The zero-order valence-electron chi connectivity index (χ0n) is 14.8. The monoisotopic (exact) mass is 396 g/mol. The number of carbonyl (C=O) groups is 2. The molecule has 1 aliphatic rings. The molecule has 7 nitrogen and oxygen atoms in total. The summed E-state index contributed by atoms with van der Waals surface area (Å²) in [7, 11) is 0. The van der Waals surface area contributed by atoms with Gasteiger partial charge < -0.3 is 10.6 Å². The molecule has 1 saturated carbocycles. The SMILES string of the molecule is O=C(Cn1ncc2ccccc2c1=O)Nc1ccc(Cl)c(C(=O)NC2CC2)c1. The minimum atomic E-state index is -0.430. The van der Waals surface area contributed by atoms with Crippen molar-refractivity contribution in [1.82, 2.24) is 15.1 Å². The maximum absolute atomic E-state index is 12.5. The van der Waals surface area contributed by atoms with Crippen molar-refractivity contribution in [3.63, 3.8) is 0 Å². The molecule has 1 heterocycles. The Kier molecular flexibility index (Phi) is 4.83. The van der Waals surface area contributed by atoms with Crippen LogP contribution >= 0.6 is 11.6 Å². The summed E-state index contributed by atoms with van der Waals surface area (Å²) in [4.78, 5) is 37.1. The van der Waals surface area contributed by atoms with E-state index in [-0.39, 0.29) is 24.1 Å². The van der Waals surface area contributed by atoms with E-state index in [0.717, 1.165) is 17.5 Å². The van der Waals surface area contributed by atoms with Gasteiger partial charge in [0, 0.05) is 17.1 Å². The van der Waals surface area contributed by atoms with Gasteiger partial charge in [0.2, 0.25) is 5.91 Å². The molecule has 2 amide bonds. The number of halogens is 1. The maximum atomic E-state index is 12.5. The zero-order chi connectivity index (χ0) is 19.7. The Morgan fingerprint density at radius 2 is 1.96 bits per heavy atom. The molecule has 0 unspecified atom stereocenters. The van der Waals surface area contributed by atoms with Crippen molar-refractivity contribution < 1.29 is 9.59 Å². The van der Waals surface area contributed by atoms with Crippen molar-refractivity contribution in [2.45, 2.75) is 25.4 Å². The van der Waals surface area contributed by atoms with Crippen molar-refractivity contribution in [2.75, 3.05) is 5.32 Å². The summed E-state index contributed by atoms with van der Waals surface area (Å²) in [6, 6.07) is 11.9. The topological polar surface area (TPSA) is 93.1 Å². The first-order valence-electron chi connectivity index (χ1n) is 8.86. The fourth-order valence-corrected chi connectivity index (χ4v) is 3.05. The number of amides is 2. The Morgan fingerprint density at radius 1 is 1.18 bits per heavy atom. The van der Waals surface area contributed by atoms with E-state index in [4.69, 9.17) is 11.6 Å². The lowest BCUT2D eigenvalue weighted by molar-refractivity contribution is -0.117. The van der Waals surface area contributed by atoms with Gasteiger partial charge in [0.05, 0.1) is 22.2 Å². The number of aromatic nitrogens is 2. The first-order valence-corrected chi connectivity index (χ1v) is 9.24. The summed E-state index contributed by atoms with van der Waals surface area (Å²) >= 11 is 6.11. The van der Waals surface area contributed by atoms with Crippen LogP contribution in [0.5, 0.6) is 0 Å². The number of nitrogens with zero attached hydrogens (tertiary/aromatic N) is 2. The van der Waals surface area contributed by atoms with Crippen LogP contribution in [0.4, 0.5) is 5.69 Å². The Balaban J connectivity index is 1.50. The highest BCUT2D eigenvalue weighted by atomic mass is 35.5. The second-order valence-corrected chi connectivity index (χ2v) is 7.09. The fourth-order valence-electron chi connectivity index (χ4n) is 2.84. The summed E-state index contributed by atoms with van der Waals surface area (Å²) in [5, 5.41) is 11.1.